The number of aryl methyl sites for hydroxylation is 1. The van der Waals surface area contributed by atoms with Gasteiger partial charge in [-0.05, 0) is 46.9 Å². The van der Waals surface area contributed by atoms with Gasteiger partial charge in [0.15, 0.2) is 5.78 Å². The van der Waals surface area contributed by atoms with E-state index in [9.17, 15) is 9.59 Å². The average molecular weight is 384 g/mol. The predicted octanol–water partition coefficient (Wildman–Crippen LogP) is 5.73. The van der Waals surface area contributed by atoms with Gasteiger partial charge in [0.05, 0.1) is 18.2 Å². The van der Waals surface area contributed by atoms with Gasteiger partial charge in [0.1, 0.15) is 11.3 Å². The third-order valence-electron chi connectivity index (χ3n) is 5.79. The van der Waals surface area contributed by atoms with Crippen molar-refractivity contribution in [1.29, 1.82) is 0 Å². The Kier molecular flexibility index (Phi) is 4.02. The summed E-state index contributed by atoms with van der Waals surface area (Å²) >= 11 is 0. The number of fused-ring (bicyclic) bond motifs is 4. The molecule has 0 saturated carbocycles. The molecule has 0 spiro atoms. The van der Waals surface area contributed by atoms with E-state index in [4.69, 9.17) is 9.15 Å². The number of carbonyl (C=O) groups excluding carboxylic acids is 2. The normalized spacial score (nSPS) is 15.8. The third kappa shape index (κ3) is 2.83. The Balaban J connectivity index is 1.49. The molecule has 1 aliphatic rings. The molecule has 0 N–H and O–H groups in total. The molecule has 1 atom stereocenters. The summed E-state index contributed by atoms with van der Waals surface area (Å²) in [4.78, 5) is 25.2. The van der Waals surface area contributed by atoms with Gasteiger partial charge in [0.25, 0.3) is 0 Å². The maximum atomic E-state index is 12.8. The highest BCUT2D eigenvalue weighted by Gasteiger charge is 2.31. The average Bonchev–Trinajstić information content (AvgIpc) is 3.25. The van der Waals surface area contributed by atoms with E-state index in [2.05, 4.69) is 0 Å². The number of ether oxygens (including phenoxy) is 1. The summed E-state index contributed by atoms with van der Waals surface area (Å²) in [5.74, 6) is 0.153. The van der Waals surface area contributed by atoms with E-state index < -0.39 is 5.97 Å². The number of carbonyl (C=O) groups is 2. The number of rotatable bonds is 3. The first kappa shape index (κ1) is 17.7. The summed E-state index contributed by atoms with van der Waals surface area (Å²) in [5, 5.41) is 3.06. The van der Waals surface area contributed by atoms with Gasteiger partial charge in [-0.3, -0.25) is 9.59 Å². The Hall–Kier alpha value is -3.40. The molecule has 1 heterocycles. The van der Waals surface area contributed by atoms with E-state index >= 15 is 0 Å². The lowest BCUT2D eigenvalue weighted by Gasteiger charge is -2.12. The summed E-state index contributed by atoms with van der Waals surface area (Å²) in [6.07, 6.45) is 2.15. The molecule has 0 saturated heterocycles. The molecule has 3 aromatic carbocycles. The van der Waals surface area contributed by atoms with Crippen molar-refractivity contribution in [3.8, 4) is 5.75 Å². The first-order valence-corrected chi connectivity index (χ1v) is 9.78. The molecule has 4 nitrogen and oxygen atoms in total. The number of benzene rings is 3. The lowest BCUT2D eigenvalue weighted by Crippen LogP contribution is -2.13. The van der Waals surface area contributed by atoms with E-state index in [1.807, 2.05) is 56.3 Å². The Morgan fingerprint density at radius 3 is 2.83 bits per heavy atom. The van der Waals surface area contributed by atoms with Crippen molar-refractivity contribution < 1.29 is 18.7 Å². The van der Waals surface area contributed by atoms with Crippen LogP contribution in [-0.2, 0) is 11.2 Å². The van der Waals surface area contributed by atoms with Gasteiger partial charge < -0.3 is 9.15 Å². The Morgan fingerprint density at radius 1 is 1.14 bits per heavy atom. The van der Waals surface area contributed by atoms with Crippen molar-refractivity contribution in [3.05, 3.63) is 77.0 Å². The minimum Gasteiger partial charge on any atom is -0.464 e. The third-order valence-corrected chi connectivity index (χ3v) is 5.79. The summed E-state index contributed by atoms with van der Waals surface area (Å²) in [6.45, 7) is 4.02. The van der Waals surface area contributed by atoms with E-state index in [-0.39, 0.29) is 18.1 Å². The van der Waals surface area contributed by atoms with Gasteiger partial charge in [-0.2, -0.15) is 0 Å². The fourth-order valence-corrected chi connectivity index (χ4v) is 4.51. The molecule has 5 rings (SSSR count). The number of ketones is 1. The quantitative estimate of drug-likeness (QED) is 0.334. The van der Waals surface area contributed by atoms with Crippen LogP contribution in [-0.4, -0.2) is 11.8 Å². The Morgan fingerprint density at radius 2 is 1.97 bits per heavy atom. The molecule has 144 valence electrons. The predicted molar refractivity (Wildman–Crippen MR) is 112 cm³/mol. The zero-order valence-corrected chi connectivity index (χ0v) is 16.3. The molecule has 4 heteroatoms. The molecule has 29 heavy (non-hydrogen) atoms. The van der Waals surface area contributed by atoms with E-state index in [1.165, 1.54) is 0 Å². The van der Waals surface area contributed by atoms with Crippen LogP contribution in [0.4, 0.5) is 0 Å². The molecule has 0 aliphatic heterocycles. The first-order chi connectivity index (χ1) is 14.0. The molecule has 1 aromatic heterocycles. The van der Waals surface area contributed by atoms with Crippen LogP contribution in [0.5, 0.6) is 5.75 Å². The molecule has 0 radical (unpaired) electrons. The highest BCUT2D eigenvalue weighted by atomic mass is 16.5. The molecule has 1 unspecified atom stereocenters. The van der Waals surface area contributed by atoms with Crippen molar-refractivity contribution in [3.63, 3.8) is 0 Å². The number of Topliss-reactive ketones (excluding diaryl/α,β-unsaturated/α-hetero) is 1. The van der Waals surface area contributed by atoms with Crippen molar-refractivity contribution >= 4 is 33.5 Å². The van der Waals surface area contributed by atoms with Gasteiger partial charge in [-0.25, -0.2) is 0 Å². The van der Waals surface area contributed by atoms with Gasteiger partial charge in [-0.1, -0.05) is 43.3 Å². The number of hydrogen-bond acceptors (Lipinski definition) is 4. The number of furan rings is 1. The first-order valence-electron chi connectivity index (χ1n) is 9.78. The smallest absolute Gasteiger partial charge is 0.315 e. The van der Waals surface area contributed by atoms with Crippen LogP contribution >= 0.6 is 0 Å². The SMILES string of the molecule is Cc1ccc(OC(=O)Cc2coc3ccc4ccccc4c23)c2c1C(C)CC2=O. The molecule has 4 aromatic rings. The highest BCUT2D eigenvalue weighted by Crippen LogP contribution is 2.40. The summed E-state index contributed by atoms with van der Waals surface area (Å²) < 4.78 is 11.3. The molecule has 0 bridgehead atoms. The monoisotopic (exact) mass is 384 g/mol. The largest absolute Gasteiger partial charge is 0.464 e. The van der Waals surface area contributed by atoms with Crippen LogP contribution in [0.15, 0.2) is 59.2 Å². The summed E-state index contributed by atoms with van der Waals surface area (Å²) in [5.41, 5.74) is 4.15. The standard InChI is InChI=1S/C25H20O4/c1-14-7-9-21(25-19(26)11-15(2)23(14)25)29-22(27)12-17-13-28-20-10-8-16-5-3-4-6-18(16)24(17)20/h3-10,13,15H,11-12H2,1-2H3. The van der Waals surface area contributed by atoms with Crippen LogP contribution < -0.4 is 4.74 Å². The van der Waals surface area contributed by atoms with Crippen molar-refractivity contribution in [1.82, 2.24) is 0 Å². The maximum Gasteiger partial charge on any atom is 0.315 e. The Labute approximate surface area is 168 Å². The van der Waals surface area contributed by atoms with Crippen LogP contribution in [0.3, 0.4) is 0 Å². The number of hydrogen-bond donors (Lipinski definition) is 0. The molecular weight excluding hydrogens is 364 g/mol. The second-order valence-electron chi connectivity index (χ2n) is 7.77. The molecule has 1 aliphatic carbocycles. The molecular formula is C25H20O4. The van der Waals surface area contributed by atoms with E-state index in [0.29, 0.717) is 17.7 Å². The maximum absolute atomic E-state index is 12.8. The summed E-state index contributed by atoms with van der Waals surface area (Å²) in [6, 6.07) is 15.6. The molecule has 0 amide bonds. The van der Waals surface area contributed by atoms with E-state index in [0.717, 1.165) is 38.4 Å². The van der Waals surface area contributed by atoms with Gasteiger partial charge >= 0.3 is 5.97 Å². The second-order valence-corrected chi connectivity index (χ2v) is 7.77. The van der Waals surface area contributed by atoms with Crippen molar-refractivity contribution in [2.45, 2.75) is 32.6 Å². The van der Waals surface area contributed by atoms with Crippen LogP contribution in [0, 0.1) is 6.92 Å². The fraction of sp³-hybridized carbons (Fsp3) is 0.200. The summed E-state index contributed by atoms with van der Waals surface area (Å²) in [7, 11) is 0. The Bertz CT molecular complexity index is 1300. The topological polar surface area (TPSA) is 56.5 Å². The highest BCUT2D eigenvalue weighted by molar-refractivity contribution is 6.08. The minimum atomic E-state index is -0.404. The minimum absolute atomic E-state index is 0.0405. The zero-order chi connectivity index (χ0) is 20.1. The van der Waals surface area contributed by atoms with Gasteiger partial charge in [-0.15, -0.1) is 0 Å². The van der Waals surface area contributed by atoms with Gasteiger partial charge in [0.2, 0.25) is 0 Å². The van der Waals surface area contributed by atoms with Crippen LogP contribution in [0.1, 0.15) is 46.3 Å². The van der Waals surface area contributed by atoms with Gasteiger partial charge in [0, 0.05) is 17.4 Å². The fourth-order valence-electron chi connectivity index (χ4n) is 4.51. The zero-order valence-electron chi connectivity index (χ0n) is 16.3. The van der Waals surface area contributed by atoms with E-state index in [1.54, 1.807) is 12.3 Å². The lowest BCUT2D eigenvalue weighted by molar-refractivity contribution is -0.133. The lowest BCUT2D eigenvalue weighted by atomic mass is 9.97. The van der Waals surface area contributed by atoms with Crippen LogP contribution in [0.25, 0.3) is 21.7 Å². The van der Waals surface area contributed by atoms with Crippen LogP contribution in [0.2, 0.25) is 0 Å². The van der Waals surface area contributed by atoms with Crippen molar-refractivity contribution in [2.24, 2.45) is 0 Å². The number of esters is 1. The van der Waals surface area contributed by atoms with Crippen molar-refractivity contribution in [2.75, 3.05) is 0 Å². The molecule has 0 fully saturated rings. The second kappa shape index (κ2) is 6.59.